The van der Waals surface area contributed by atoms with Gasteiger partial charge < -0.3 is 5.32 Å². The standard InChI is InChI=1S/C14H23N3O4S3/c1-9(2)7-17-8-11(16-6-10-3-4-10)14-12(24(17,20)21)5-13(22-14)23(15,18)19/h5,9-11,16H,3-4,6-8H2,1-2H3,(H2,15,18,19)/t11-/m1/s1. The highest BCUT2D eigenvalue weighted by atomic mass is 32.2. The molecule has 1 fully saturated rings. The first-order valence-electron chi connectivity index (χ1n) is 7.99. The Morgan fingerprint density at radius 2 is 2.08 bits per heavy atom. The van der Waals surface area contributed by atoms with Gasteiger partial charge in [0, 0.05) is 18.0 Å². The maximum absolute atomic E-state index is 12.8. The van der Waals surface area contributed by atoms with Crippen LogP contribution >= 0.6 is 11.3 Å². The van der Waals surface area contributed by atoms with Crippen LogP contribution in [0.3, 0.4) is 0 Å². The second kappa shape index (κ2) is 6.33. The van der Waals surface area contributed by atoms with Gasteiger partial charge in [0.2, 0.25) is 20.0 Å². The van der Waals surface area contributed by atoms with Gasteiger partial charge in [-0.2, -0.15) is 4.31 Å². The number of primary sulfonamides is 1. The van der Waals surface area contributed by atoms with Crippen molar-refractivity contribution in [1.82, 2.24) is 9.62 Å². The van der Waals surface area contributed by atoms with Gasteiger partial charge in [-0.15, -0.1) is 11.3 Å². The Hall–Kier alpha value is -0.520. The third-order valence-corrected chi connectivity index (χ3v) is 8.89. The second-order valence-electron chi connectivity index (χ2n) is 6.96. The number of nitrogens with one attached hydrogen (secondary N) is 1. The quantitative estimate of drug-likeness (QED) is 0.752. The molecule has 3 N–H and O–H groups in total. The highest BCUT2D eigenvalue weighted by Crippen LogP contribution is 2.40. The van der Waals surface area contributed by atoms with Crippen LogP contribution in [-0.4, -0.2) is 40.8 Å². The molecule has 0 saturated heterocycles. The van der Waals surface area contributed by atoms with E-state index in [1.54, 1.807) is 0 Å². The van der Waals surface area contributed by atoms with Gasteiger partial charge in [-0.1, -0.05) is 13.8 Å². The summed E-state index contributed by atoms with van der Waals surface area (Å²) < 4.78 is 50.4. The Morgan fingerprint density at radius 1 is 1.42 bits per heavy atom. The predicted octanol–water partition coefficient (Wildman–Crippen LogP) is 1.10. The molecule has 1 saturated carbocycles. The van der Waals surface area contributed by atoms with Gasteiger partial charge in [-0.25, -0.2) is 22.0 Å². The Kier molecular flexibility index (Phi) is 4.82. The van der Waals surface area contributed by atoms with Gasteiger partial charge in [-0.05, 0) is 37.3 Å². The smallest absolute Gasteiger partial charge is 0.247 e. The largest absolute Gasteiger partial charge is 0.308 e. The van der Waals surface area contributed by atoms with E-state index in [0.717, 1.165) is 17.9 Å². The van der Waals surface area contributed by atoms with Crippen molar-refractivity contribution in [1.29, 1.82) is 0 Å². The molecule has 2 aliphatic rings. The minimum absolute atomic E-state index is 0.0803. The summed E-state index contributed by atoms with van der Waals surface area (Å²) >= 11 is 0.964. The van der Waals surface area contributed by atoms with E-state index in [2.05, 4.69) is 5.32 Å². The van der Waals surface area contributed by atoms with Crippen molar-refractivity contribution in [2.45, 2.75) is 41.8 Å². The minimum atomic E-state index is -3.92. The predicted molar refractivity (Wildman–Crippen MR) is 92.8 cm³/mol. The van der Waals surface area contributed by atoms with Crippen molar-refractivity contribution in [3.8, 4) is 0 Å². The second-order valence-corrected chi connectivity index (χ2v) is 11.7. The molecule has 0 unspecified atom stereocenters. The number of rotatable bonds is 6. The van der Waals surface area contributed by atoms with E-state index in [1.165, 1.54) is 23.2 Å². The van der Waals surface area contributed by atoms with Crippen molar-refractivity contribution in [2.75, 3.05) is 19.6 Å². The van der Waals surface area contributed by atoms with Crippen LogP contribution in [0.1, 0.15) is 37.6 Å². The van der Waals surface area contributed by atoms with E-state index >= 15 is 0 Å². The summed E-state index contributed by atoms with van der Waals surface area (Å²) in [6, 6.07) is 1.02. The highest BCUT2D eigenvalue weighted by Gasteiger charge is 2.40. The van der Waals surface area contributed by atoms with Crippen molar-refractivity contribution < 1.29 is 16.8 Å². The molecule has 1 aromatic rings. The van der Waals surface area contributed by atoms with Gasteiger partial charge in [0.25, 0.3) is 0 Å². The summed E-state index contributed by atoms with van der Waals surface area (Å²) in [5.41, 5.74) is 0. The molecule has 1 aliphatic carbocycles. The lowest BCUT2D eigenvalue weighted by Gasteiger charge is -2.33. The summed E-state index contributed by atoms with van der Waals surface area (Å²) in [6.45, 7) is 5.47. The number of thiophene rings is 1. The molecule has 1 atom stereocenters. The third-order valence-electron chi connectivity index (χ3n) is 4.22. The molecule has 0 radical (unpaired) electrons. The lowest BCUT2D eigenvalue weighted by molar-refractivity contribution is 0.313. The van der Waals surface area contributed by atoms with E-state index in [0.29, 0.717) is 23.9 Å². The summed E-state index contributed by atoms with van der Waals surface area (Å²) in [5, 5.41) is 8.62. The summed E-state index contributed by atoms with van der Waals surface area (Å²) in [6.07, 6.45) is 2.38. The molecule has 0 amide bonds. The van der Waals surface area contributed by atoms with Crippen LogP contribution in [0.2, 0.25) is 0 Å². The first kappa shape index (κ1) is 18.3. The average Bonchev–Trinajstić information content (AvgIpc) is 3.14. The number of fused-ring (bicyclic) bond motifs is 1. The molecule has 2 heterocycles. The molecule has 3 rings (SSSR count). The summed E-state index contributed by atoms with van der Waals surface area (Å²) in [7, 11) is -7.61. The Labute approximate surface area is 147 Å². The van der Waals surface area contributed by atoms with E-state index in [-0.39, 0.29) is 21.1 Å². The molecule has 1 aromatic heterocycles. The molecule has 7 nitrogen and oxygen atoms in total. The zero-order valence-corrected chi connectivity index (χ0v) is 16.2. The molecule has 24 heavy (non-hydrogen) atoms. The lowest BCUT2D eigenvalue weighted by atomic mass is 10.2. The zero-order valence-electron chi connectivity index (χ0n) is 13.7. The van der Waals surface area contributed by atoms with Crippen LogP contribution in [0.15, 0.2) is 15.2 Å². The molecule has 0 spiro atoms. The van der Waals surface area contributed by atoms with Crippen molar-refractivity contribution >= 4 is 31.4 Å². The molecule has 0 aromatic carbocycles. The van der Waals surface area contributed by atoms with Crippen molar-refractivity contribution in [2.24, 2.45) is 17.0 Å². The van der Waals surface area contributed by atoms with Crippen LogP contribution in [0.25, 0.3) is 0 Å². The molecule has 136 valence electrons. The Balaban J connectivity index is 2.01. The van der Waals surface area contributed by atoms with Crippen molar-refractivity contribution in [3.63, 3.8) is 0 Å². The third kappa shape index (κ3) is 3.68. The maximum atomic E-state index is 12.8. The van der Waals surface area contributed by atoms with E-state index in [9.17, 15) is 16.8 Å². The van der Waals surface area contributed by atoms with Gasteiger partial charge >= 0.3 is 0 Å². The molecular weight excluding hydrogens is 370 g/mol. The topological polar surface area (TPSA) is 110 Å². The molecular formula is C14H23N3O4S3. The van der Waals surface area contributed by atoms with Gasteiger partial charge in [0.1, 0.15) is 4.21 Å². The average molecular weight is 394 g/mol. The number of sulfonamides is 2. The van der Waals surface area contributed by atoms with Gasteiger partial charge in [-0.3, -0.25) is 0 Å². The minimum Gasteiger partial charge on any atom is -0.308 e. The number of nitrogens with zero attached hydrogens (tertiary/aromatic N) is 1. The number of nitrogens with two attached hydrogens (primary N) is 1. The fraction of sp³-hybridized carbons (Fsp3) is 0.714. The summed E-state index contributed by atoms with van der Waals surface area (Å²) in [4.78, 5) is 0.636. The van der Waals surface area contributed by atoms with Crippen LogP contribution in [0, 0.1) is 11.8 Å². The van der Waals surface area contributed by atoms with Gasteiger partial charge in [0.15, 0.2) is 0 Å². The van der Waals surface area contributed by atoms with E-state index in [4.69, 9.17) is 5.14 Å². The van der Waals surface area contributed by atoms with Crippen LogP contribution in [0.5, 0.6) is 0 Å². The Morgan fingerprint density at radius 3 is 2.62 bits per heavy atom. The lowest BCUT2D eigenvalue weighted by Crippen LogP contribution is -2.45. The van der Waals surface area contributed by atoms with Crippen LogP contribution in [0.4, 0.5) is 0 Å². The molecule has 0 bridgehead atoms. The SMILES string of the molecule is CC(C)CN1C[C@@H](NCC2CC2)c2sc(S(N)(=O)=O)cc2S1(=O)=O. The fourth-order valence-corrected chi connectivity index (χ4v) is 7.08. The fourth-order valence-electron chi connectivity index (χ4n) is 2.84. The first-order valence-corrected chi connectivity index (χ1v) is 11.8. The van der Waals surface area contributed by atoms with E-state index in [1.807, 2.05) is 13.8 Å². The van der Waals surface area contributed by atoms with E-state index < -0.39 is 20.0 Å². The van der Waals surface area contributed by atoms with Crippen molar-refractivity contribution in [3.05, 3.63) is 10.9 Å². The normalized spacial score (nSPS) is 24.2. The zero-order chi connectivity index (χ0) is 17.7. The monoisotopic (exact) mass is 393 g/mol. The van der Waals surface area contributed by atoms with Crippen LogP contribution < -0.4 is 10.5 Å². The first-order chi connectivity index (χ1) is 11.1. The number of hydrogen-bond donors (Lipinski definition) is 2. The highest BCUT2D eigenvalue weighted by molar-refractivity contribution is 7.92. The van der Waals surface area contributed by atoms with Crippen LogP contribution in [-0.2, 0) is 20.0 Å². The molecule has 10 heteroatoms. The van der Waals surface area contributed by atoms with Gasteiger partial charge in [0.05, 0.1) is 10.9 Å². The molecule has 1 aliphatic heterocycles. The summed E-state index contributed by atoms with van der Waals surface area (Å²) in [5.74, 6) is 0.824. The maximum Gasteiger partial charge on any atom is 0.247 e. The number of hydrogen-bond acceptors (Lipinski definition) is 6. The Bertz CT molecular complexity index is 825.